The molecule has 0 aliphatic carbocycles. The number of nitrogens with zero attached hydrogens (tertiary/aromatic N) is 1. The largest absolute Gasteiger partial charge is 0.389 e. The maximum absolute atomic E-state index is 12.0. The number of likely N-dealkylation sites (N-methyl/N-ethyl adjacent to an activating group) is 2. The number of carbonyl (C=O) groups excluding carboxylic acids is 2. The molecule has 0 aliphatic heterocycles. The molecule has 1 aromatic rings. The number of amides is 2. The maximum Gasteiger partial charge on any atom is 0.254 e. The minimum absolute atomic E-state index is 0.0315. The lowest BCUT2D eigenvalue weighted by atomic mass is 10.1. The first-order chi connectivity index (χ1) is 8.95. The number of thiocarbonyl (C=S) groups is 1. The van der Waals surface area contributed by atoms with Crippen molar-refractivity contribution in [1.29, 1.82) is 0 Å². The first-order valence-corrected chi connectivity index (χ1v) is 6.28. The Bertz CT molecular complexity index is 485. The molecule has 5 nitrogen and oxygen atoms in total. The van der Waals surface area contributed by atoms with Crippen LogP contribution in [0.25, 0.3) is 0 Å². The van der Waals surface area contributed by atoms with Gasteiger partial charge in [-0.15, -0.1) is 0 Å². The molecule has 6 heteroatoms. The molecule has 19 heavy (non-hydrogen) atoms. The fourth-order valence-corrected chi connectivity index (χ4v) is 1.67. The zero-order valence-electron chi connectivity index (χ0n) is 11.0. The summed E-state index contributed by atoms with van der Waals surface area (Å²) < 4.78 is 0. The predicted molar refractivity (Wildman–Crippen MR) is 78.0 cm³/mol. The Kier molecular flexibility index (Phi) is 5.44. The van der Waals surface area contributed by atoms with Crippen LogP contribution in [0.5, 0.6) is 0 Å². The first-order valence-electron chi connectivity index (χ1n) is 5.87. The van der Waals surface area contributed by atoms with Gasteiger partial charge in [0.2, 0.25) is 5.91 Å². The van der Waals surface area contributed by atoms with Crippen molar-refractivity contribution in [1.82, 2.24) is 10.2 Å². The summed E-state index contributed by atoms with van der Waals surface area (Å²) in [7, 11) is 1.58. The van der Waals surface area contributed by atoms with Crippen molar-refractivity contribution < 1.29 is 9.59 Å². The van der Waals surface area contributed by atoms with Gasteiger partial charge in [-0.1, -0.05) is 24.4 Å². The van der Waals surface area contributed by atoms with Gasteiger partial charge in [0.05, 0.1) is 6.54 Å². The summed E-state index contributed by atoms with van der Waals surface area (Å²) in [6, 6.07) is 6.67. The number of hydrogen-bond acceptors (Lipinski definition) is 3. The van der Waals surface area contributed by atoms with E-state index in [9.17, 15) is 9.59 Å². The number of nitrogens with two attached hydrogens (primary N) is 1. The normalized spacial score (nSPS) is 9.79. The van der Waals surface area contributed by atoms with Gasteiger partial charge in [-0.05, 0) is 19.1 Å². The number of carbonyl (C=O) groups is 2. The fourth-order valence-electron chi connectivity index (χ4n) is 1.54. The zero-order valence-corrected chi connectivity index (χ0v) is 11.8. The average molecular weight is 279 g/mol. The van der Waals surface area contributed by atoms with E-state index >= 15 is 0 Å². The van der Waals surface area contributed by atoms with Gasteiger partial charge in [0.15, 0.2) is 0 Å². The van der Waals surface area contributed by atoms with Gasteiger partial charge in [0.25, 0.3) is 5.91 Å². The van der Waals surface area contributed by atoms with Crippen molar-refractivity contribution in [3.8, 4) is 0 Å². The molecule has 0 unspecified atom stereocenters. The van der Waals surface area contributed by atoms with Crippen LogP contribution in [0.2, 0.25) is 0 Å². The monoisotopic (exact) mass is 279 g/mol. The highest BCUT2D eigenvalue weighted by Crippen LogP contribution is 2.07. The lowest BCUT2D eigenvalue weighted by molar-refractivity contribution is -0.121. The second-order valence-corrected chi connectivity index (χ2v) is 4.50. The van der Waals surface area contributed by atoms with Crippen molar-refractivity contribution in [2.75, 3.05) is 20.1 Å². The molecule has 102 valence electrons. The molecule has 3 N–H and O–H groups in total. The maximum atomic E-state index is 12.0. The van der Waals surface area contributed by atoms with Gasteiger partial charge in [-0.25, -0.2) is 0 Å². The number of benzene rings is 1. The van der Waals surface area contributed by atoms with Crippen molar-refractivity contribution in [3.05, 3.63) is 35.4 Å². The molecule has 0 bridgehead atoms. The molecule has 0 spiro atoms. The first kappa shape index (κ1) is 15.1. The molecule has 0 fully saturated rings. The number of nitrogens with one attached hydrogen (secondary N) is 1. The zero-order chi connectivity index (χ0) is 14.4. The van der Waals surface area contributed by atoms with Crippen LogP contribution >= 0.6 is 12.2 Å². The summed E-state index contributed by atoms with van der Waals surface area (Å²) in [6.07, 6.45) is 0. The Morgan fingerprint density at radius 2 is 1.79 bits per heavy atom. The van der Waals surface area contributed by atoms with E-state index in [1.807, 2.05) is 6.92 Å². The Morgan fingerprint density at radius 1 is 1.26 bits per heavy atom. The van der Waals surface area contributed by atoms with Gasteiger partial charge in [-0.2, -0.15) is 0 Å². The highest BCUT2D eigenvalue weighted by atomic mass is 32.1. The van der Waals surface area contributed by atoms with E-state index in [0.29, 0.717) is 17.7 Å². The van der Waals surface area contributed by atoms with Crippen LogP contribution in [-0.4, -0.2) is 41.8 Å². The average Bonchev–Trinajstić information content (AvgIpc) is 2.38. The molecular formula is C13H17N3O2S. The molecule has 0 saturated carbocycles. The van der Waals surface area contributed by atoms with Crippen molar-refractivity contribution in [3.63, 3.8) is 0 Å². The van der Waals surface area contributed by atoms with E-state index in [4.69, 9.17) is 18.0 Å². The van der Waals surface area contributed by atoms with E-state index < -0.39 is 0 Å². The van der Waals surface area contributed by atoms with Crippen molar-refractivity contribution in [2.45, 2.75) is 6.92 Å². The molecule has 0 atom stereocenters. The fraction of sp³-hybridized carbons (Fsp3) is 0.308. The van der Waals surface area contributed by atoms with Crippen LogP contribution < -0.4 is 11.1 Å². The number of hydrogen-bond donors (Lipinski definition) is 2. The minimum Gasteiger partial charge on any atom is -0.389 e. The molecule has 0 saturated heterocycles. The van der Waals surface area contributed by atoms with Gasteiger partial charge in [0, 0.05) is 24.7 Å². The molecule has 0 aromatic heterocycles. The molecular weight excluding hydrogens is 262 g/mol. The molecule has 2 amide bonds. The minimum atomic E-state index is -0.222. The van der Waals surface area contributed by atoms with Crippen molar-refractivity contribution in [2.24, 2.45) is 5.73 Å². The smallest absolute Gasteiger partial charge is 0.254 e. The Morgan fingerprint density at radius 3 is 2.26 bits per heavy atom. The lowest BCUT2D eigenvalue weighted by Gasteiger charge is -2.16. The van der Waals surface area contributed by atoms with Gasteiger partial charge < -0.3 is 16.0 Å². The second kappa shape index (κ2) is 6.84. The Balaban J connectivity index is 2.71. The predicted octanol–water partition coefficient (Wildman–Crippen LogP) is 0.529. The third kappa shape index (κ3) is 4.33. The van der Waals surface area contributed by atoms with Crippen LogP contribution in [0.3, 0.4) is 0 Å². The molecule has 0 aliphatic rings. The topological polar surface area (TPSA) is 75.4 Å². The molecule has 1 aromatic carbocycles. The molecule has 1 rings (SSSR count). The Labute approximate surface area is 117 Å². The van der Waals surface area contributed by atoms with Gasteiger partial charge in [0.1, 0.15) is 4.99 Å². The van der Waals surface area contributed by atoms with Gasteiger partial charge >= 0.3 is 0 Å². The number of rotatable bonds is 5. The standard InChI is InChI=1S/C13H17N3O2S/c1-3-15-11(17)8-16(2)13(18)10-6-4-9(5-7-10)12(14)19/h4-7H,3,8H2,1-2H3,(H2,14,19)(H,15,17). The van der Waals surface area contributed by atoms with E-state index in [1.165, 1.54) is 4.90 Å². The summed E-state index contributed by atoms with van der Waals surface area (Å²) in [5.74, 6) is -0.404. The third-order valence-electron chi connectivity index (χ3n) is 2.52. The van der Waals surface area contributed by atoms with Crippen LogP contribution in [0.1, 0.15) is 22.8 Å². The Hall–Kier alpha value is -1.95. The van der Waals surface area contributed by atoms with Crippen molar-refractivity contribution >= 4 is 29.0 Å². The quantitative estimate of drug-likeness (QED) is 0.771. The van der Waals surface area contributed by atoms with Gasteiger partial charge in [-0.3, -0.25) is 9.59 Å². The summed E-state index contributed by atoms with van der Waals surface area (Å²) in [5, 5.41) is 2.64. The summed E-state index contributed by atoms with van der Waals surface area (Å²) in [6.45, 7) is 2.40. The van der Waals surface area contributed by atoms with Crippen LogP contribution in [-0.2, 0) is 4.79 Å². The van der Waals surface area contributed by atoms with E-state index in [-0.39, 0.29) is 23.3 Å². The second-order valence-electron chi connectivity index (χ2n) is 4.06. The van der Waals surface area contributed by atoms with Crippen LogP contribution in [0, 0.1) is 0 Å². The summed E-state index contributed by atoms with van der Waals surface area (Å²) >= 11 is 4.84. The molecule has 0 heterocycles. The van der Waals surface area contributed by atoms with Crippen LogP contribution in [0.4, 0.5) is 0 Å². The van der Waals surface area contributed by atoms with E-state index in [2.05, 4.69) is 5.32 Å². The lowest BCUT2D eigenvalue weighted by Crippen LogP contribution is -2.38. The molecule has 0 radical (unpaired) electrons. The van der Waals surface area contributed by atoms with E-state index in [1.54, 1.807) is 31.3 Å². The highest BCUT2D eigenvalue weighted by Gasteiger charge is 2.14. The summed E-state index contributed by atoms with van der Waals surface area (Å²) in [5.41, 5.74) is 6.68. The summed E-state index contributed by atoms with van der Waals surface area (Å²) in [4.78, 5) is 25.1. The SMILES string of the molecule is CCNC(=O)CN(C)C(=O)c1ccc(C(N)=S)cc1. The van der Waals surface area contributed by atoms with E-state index in [0.717, 1.165) is 0 Å². The highest BCUT2D eigenvalue weighted by molar-refractivity contribution is 7.80. The third-order valence-corrected chi connectivity index (χ3v) is 2.75. The van der Waals surface area contributed by atoms with Crippen LogP contribution in [0.15, 0.2) is 24.3 Å².